The van der Waals surface area contributed by atoms with Crippen molar-refractivity contribution in [1.29, 1.82) is 0 Å². The Labute approximate surface area is 192 Å². The maximum Gasteiger partial charge on any atom is 0.322 e. The van der Waals surface area contributed by atoms with Gasteiger partial charge in [0.25, 0.3) is 11.8 Å². The summed E-state index contributed by atoms with van der Waals surface area (Å²) in [5, 5.41) is 6.11. The molecule has 7 nitrogen and oxygen atoms in total. The maximum atomic E-state index is 13.1. The minimum atomic E-state index is -1.12. The highest BCUT2D eigenvalue weighted by Crippen LogP contribution is 2.37. The number of nitrogens with zero attached hydrogens (tertiary/aromatic N) is 1. The van der Waals surface area contributed by atoms with Crippen LogP contribution in [0, 0.1) is 13.8 Å². The number of hydrogen-bond donors (Lipinski definition) is 2. The number of carbonyl (C=O) groups excluding carboxylic acids is 3. The number of aryl methyl sites for hydroxylation is 2. The molecule has 3 heterocycles. The van der Waals surface area contributed by atoms with Crippen LogP contribution in [-0.4, -0.2) is 35.8 Å². The zero-order valence-electron chi connectivity index (χ0n) is 19.0. The molecule has 2 aliphatic heterocycles. The Kier molecular flexibility index (Phi) is 5.00. The van der Waals surface area contributed by atoms with Crippen molar-refractivity contribution in [3.8, 4) is 0 Å². The number of amides is 4. The monoisotopic (exact) mass is 445 g/mol. The SMILES string of the molecule is Cc1cc(C)c2c(C3CCN(C(=O)c4ccc([C@@]5(C)NC(=O)NC5=O)cc4)CC3)coc2c1. The van der Waals surface area contributed by atoms with E-state index in [4.69, 9.17) is 4.42 Å². The van der Waals surface area contributed by atoms with Crippen molar-refractivity contribution in [1.82, 2.24) is 15.5 Å². The van der Waals surface area contributed by atoms with Gasteiger partial charge in [-0.1, -0.05) is 18.2 Å². The quantitative estimate of drug-likeness (QED) is 0.593. The fraction of sp³-hybridized carbons (Fsp3) is 0.346. The van der Waals surface area contributed by atoms with E-state index in [1.54, 1.807) is 31.2 Å². The Morgan fingerprint density at radius 3 is 2.42 bits per heavy atom. The number of benzene rings is 2. The van der Waals surface area contributed by atoms with Crippen molar-refractivity contribution in [2.75, 3.05) is 13.1 Å². The zero-order valence-corrected chi connectivity index (χ0v) is 19.0. The highest BCUT2D eigenvalue weighted by molar-refractivity contribution is 6.07. The summed E-state index contributed by atoms with van der Waals surface area (Å²) in [5.41, 5.74) is 4.68. The van der Waals surface area contributed by atoms with E-state index in [9.17, 15) is 14.4 Å². The number of urea groups is 1. The van der Waals surface area contributed by atoms with Crippen LogP contribution in [0.5, 0.6) is 0 Å². The van der Waals surface area contributed by atoms with Gasteiger partial charge in [-0.3, -0.25) is 14.9 Å². The number of hydrogen-bond acceptors (Lipinski definition) is 4. The van der Waals surface area contributed by atoms with Crippen LogP contribution in [0.15, 0.2) is 47.1 Å². The first-order chi connectivity index (χ1) is 15.8. The van der Waals surface area contributed by atoms with Crippen LogP contribution in [0.3, 0.4) is 0 Å². The van der Waals surface area contributed by atoms with Gasteiger partial charge in [0.1, 0.15) is 11.1 Å². The summed E-state index contributed by atoms with van der Waals surface area (Å²) in [7, 11) is 0. The van der Waals surface area contributed by atoms with Gasteiger partial charge in [0, 0.05) is 29.6 Å². The van der Waals surface area contributed by atoms with Crippen molar-refractivity contribution in [3.05, 3.63) is 70.5 Å². The molecule has 0 spiro atoms. The van der Waals surface area contributed by atoms with E-state index in [1.807, 2.05) is 11.2 Å². The molecule has 0 aliphatic carbocycles. The molecular weight excluding hydrogens is 418 g/mol. The first-order valence-electron chi connectivity index (χ1n) is 11.3. The third-order valence-corrected chi connectivity index (χ3v) is 7.02. The lowest BCUT2D eigenvalue weighted by Gasteiger charge is -2.32. The number of fused-ring (bicyclic) bond motifs is 1. The topological polar surface area (TPSA) is 91.7 Å². The number of nitrogens with one attached hydrogen (secondary N) is 2. The highest BCUT2D eigenvalue weighted by atomic mass is 16.3. The number of piperidine rings is 1. The average Bonchev–Trinajstić information content (AvgIpc) is 3.34. The molecule has 2 aliphatic rings. The Morgan fingerprint density at radius 2 is 1.79 bits per heavy atom. The molecule has 0 bridgehead atoms. The Balaban J connectivity index is 1.28. The summed E-state index contributed by atoms with van der Waals surface area (Å²) < 4.78 is 5.85. The predicted molar refractivity (Wildman–Crippen MR) is 124 cm³/mol. The summed E-state index contributed by atoms with van der Waals surface area (Å²) in [6.45, 7) is 7.21. The molecule has 7 heteroatoms. The maximum absolute atomic E-state index is 13.1. The van der Waals surface area contributed by atoms with Gasteiger partial charge in [0.2, 0.25) is 0 Å². The van der Waals surface area contributed by atoms with E-state index in [-0.39, 0.29) is 5.91 Å². The largest absolute Gasteiger partial charge is 0.464 e. The normalized spacial score (nSPS) is 21.4. The molecule has 0 unspecified atom stereocenters. The first-order valence-corrected chi connectivity index (χ1v) is 11.3. The second-order valence-electron chi connectivity index (χ2n) is 9.32. The van der Waals surface area contributed by atoms with Crippen LogP contribution in [-0.2, 0) is 10.3 Å². The molecule has 1 atom stereocenters. The van der Waals surface area contributed by atoms with Gasteiger partial charge in [-0.2, -0.15) is 0 Å². The molecular formula is C26H27N3O4. The third kappa shape index (κ3) is 3.57. The minimum Gasteiger partial charge on any atom is -0.464 e. The Hall–Kier alpha value is -3.61. The smallest absolute Gasteiger partial charge is 0.322 e. The fourth-order valence-electron chi connectivity index (χ4n) is 5.15. The summed E-state index contributed by atoms with van der Waals surface area (Å²) in [6, 6.07) is 10.7. The van der Waals surface area contributed by atoms with Gasteiger partial charge in [0.05, 0.1) is 6.26 Å². The van der Waals surface area contributed by atoms with Crippen LogP contribution in [0.2, 0.25) is 0 Å². The molecule has 170 valence electrons. The summed E-state index contributed by atoms with van der Waals surface area (Å²) in [4.78, 5) is 38.6. The lowest BCUT2D eigenvalue weighted by atomic mass is 9.87. The van der Waals surface area contributed by atoms with Gasteiger partial charge in [0.15, 0.2) is 0 Å². The van der Waals surface area contributed by atoms with Crippen molar-refractivity contribution in [3.63, 3.8) is 0 Å². The van der Waals surface area contributed by atoms with E-state index in [0.29, 0.717) is 30.1 Å². The molecule has 2 N–H and O–H groups in total. The third-order valence-electron chi connectivity index (χ3n) is 7.02. The van der Waals surface area contributed by atoms with Crippen molar-refractivity contribution in [2.45, 2.75) is 45.1 Å². The van der Waals surface area contributed by atoms with Crippen molar-refractivity contribution < 1.29 is 18.8 Å². The number of furan rings is 1. The number of imide groups is 1. The summed E-state index contributed by atoms with van der Waals surface area (Å²) in [6.07, 6.45) is 3.66. The van der Waals surface area contributed by atoms with E-state index >= 15 is 0 Å². The van der Waals surface area contributed by atoms with Gasteiger partial charge < -0.3 is 14.6 Å². The van der Waals surface area contributed by atoms with E-state index in [2.05, 4.69) is 36.6 Å². The molecule has 0 radical (unpaired) electrons. The second-order valence-corrected chi connectivity index (χ2v) is 9.32. The number of carbonyl (C=O) groups is 3. The molecule has 2 saturated heterocycles. The number of likely N-dealkylation sites (tertiary alicyclic amines) is 1. The second kappa shape index (κ2) is 7.76. The first kappa shape index (κ1) is 21.2. The highest BCUT2D eigenvalue weighted by Gasteiger charge is 2.43. The van der Waals surface area contributed by atoms with Crippen molar-refractivity contribution >= 4 is 28.8 Å². The molecule has 5 rings (SSSR count). The molecule has 0 saturated carbocycles. The van der Waals surface area contributed by atoms with Crippen LogP contribution in [0.4, 0.5) is 4.79 Å². The van der Waals surface area contributed by atoms with Crippen LogP contribution in [0.25, 0.3) is 11.0 Å². The minimum absolute atomic E-state index is 0.0195. The standard InChI is InChI=1S/C26H27N3O4/c1-15-12-16(2)22-20(14-33-21(22)13-15)17-8-10-29(11-9-17)23(30)18-4-6-19(7-5-18)26(3)24(31)27-25(32)28-26/h4-7,12-14,17H,8-11H2,1-3H3,(H2,27,28,31,32)/t26-/m1/s1. The summed E-state index contributed by atoms with van der Waals surface area (Å²) in [5.74, 6) is -0.0525. The Morgan fingerprint density at radius 1 is 1.09 bits per heavy atom. The molecule has 2 fully saturated rings. The molecule has 4 amide bonds. The van der Waals surface area contributed by atoms with Crippen molar-refractivity contribution in [2.24, 2.45) is 0 Å². The van der Waals surface area contributed by atoms with E-state index in [1.165, 1.54) is 22.1 Å². The number of rotatable bonds is 3. The zero-order chi connectivity index (χ0) is 23.3. The lowest BCUT2D eigenvalue weighted by Crippen LogP contribution is -2.40. The van der Waals surface area contributed by atoms with Crippen LogP contribution >= 0.6 is 0 Å². The molecule has 2 aromatic carbocycles. The van der Waals surface area contributed by atoms with Gasteiger partial charge >= 0.3 is 6.03 Å². The molecule has 3 aromatic rings. The molecule has 1 aromatic heterocycles. The fourth-order valence-corrected chi connectivity index (χ4v) is 5.15. The van der Waals surface area contributed by atoms with E-state index < -0.39 is 17.5 Å². The van der Waals surface area contributed by atoms with Gasteiger partial charge in [-0.05, 0) is 74.4 Å². The molecule has 33 heavy (non-hydrogen) atoms. The lowest BCUT2D eigenvalue weighted by molar-refractivity contribution is -0.123. The van der Waals surface area contributed by atoms with Gasteiger partial charge in [-0.15, -0.1) is 0 Å². The van der Waals surface area contributed by atoms with Crippen LogP contribution < -0.4 is 10.6 Å². The average molecular weight is 446 g/mol. The Bertz CT molecular complexity index is 1270. The predicted octanol–water partition coefficient (Wildman–Crippen LogP) is 4.12. The van der Waals surface area contributed by atoms with Crippen LogP contribution in [0.1, 0.15) is 58.3 Å². The summed E-state index contributed by atoms with van der Waals surface area (Å²) >= 11 is 0. The van der Waals surface area contributed by atoms with Gasteiger partial charge in [-0.25, -0.2) is 4.79 Å². The van der Waals surface area contributed by atoms with E-state index in [0.717, 1.165) is 18.4 Å².